The van der Waals surface area contributed by atoms with Gasteiger partial charge in [0.15, 0.2) is 12.4 Å². The van der Waals surface area contributed by atoms with Crippen LogP contribution in [0.4, 0.5) is 0 Å². The maximum Gasteiger partial charge on any atom is 0.297 e. The molecule has 1 N–H and O–H groups in total. The van der Waals surface area contributed by atoms with Crippen molar-refractivity contribution in [1.82, 2.24) is 0 Å². The van der Waals surface area contributed by atoms with Crippen LogP contribution in [0, 0.1) is 13.8 Å². The average molecular weight is 745 g/mol. The molecule has 52 heavy (non-hydrogen) atoms. The number of hydrogen-bond acceptors (Lipinski definition) is 10. The fraction of sp³-hybridized carbons (Fsp3) is 0.250. The largest absolute Gasteiger partial charge is 0.387 e. The predicted octanol–water partition coefficient (Wildman–Crippen LogP) is 5.89. The Morgan fingerprint density at radius 3 is 1.37 bits per heavy atom. The van der Waals surface area contributed by atoms with Crippen LogP contribution in [0.25, 0.3) is 0 Å². The van der Waals surface area contributed by atoms with Gasteiger partial charge in [-0.15, -0.1) is 0 Å². The van der Waals surface area contributed by atoms with Crippen molar-refractivity contribution >= 4 is 20.2 Å². The minimum absolute atomic E-state index is 0.189. The Bertz CT molecular complexity index is 2030. The fourth-order valence-corrected chi connectivity index (χ4v) is 8.39. The Morgan fingerprint density at radius 1 is 0.596 bits per heavy atom. The van der Waals surface area contributed by atoms with Gasteiger partial charge in [0.05, 0.1) is 16.4 Å². The van der Waals surface area contributed by atoms with Crippen LogP contribution in [-0.2, 0) is 48.4 Å². The molecule has 1 saturated heterocycles. The monoisotopic (exact) mass is 744 g/mol. The molecule has 0 amide bonds. The minimum Gasteiger partial charge on any atom is -0.387 e. The van der Waals surface area contributed by atoms with Gasteiger partial charge in [-0.1, -0.05) is 126 Å². The summed E-state index contributed by atoms with van der Waals surface area (Å²) in [6.45, 7) is 3.28. The van der Waals surface area contributed by atoms with Crippen molar-refractivity contribution in [2.24, 2.45) is 0 Å². The topological polar surface area (TPSA) is 135 Å². The number of rotatable bonds is 13. The van der Waals surface area contributed by atoms with Crippen LogP contribution in [0.15, 0.2) is 149 Å². The molecule has 0 saturated carbocycles. The first-order valence-electron chi connectivity index (χ1n) is 16.6. The smallest absolute Gasteiger partial charge is 0.297 e. The molecule has 0 aromatic heterocycles. The summed E-state index contributed by atoms with van der Waals surface area (Å²) in [5.41, 5.74) is 2.74. The summed E-state index contributed by atoms with van der Waals surface area (Å²) in [7, 11) is -7.87. The maximum absolute atomic E-state index is 13.7. The number of ether oxygens (including phenoxy) is 3. The summed E-state index contributed by atoms with van der Waals surface area (Å²) < 4.78 is 84.5. The highest BCUT2D eigenvalue weighted by Crippen LogP contribution is 2.41. The SMILES string of the molecule is CO[C@H]1OC(COC(c2ccccc2)(c2ccccc2)c2ccccc2)[C@@H](O)[C@@H](OS(=O)(=O)c2ccc(C)cc2)C1OS(=O)(=O)c1ccc(C)cc1. The van der Waals surface area contributed by atoms with E-state index in [-0.39, 0.29) is 16.4 Å². The highest BCUT2D eigenvalue weighted by atomic mass is 32.2. The Labute approximate surface area is 304 Å². The Balaban J connectivity index is 1.40. The Hall–Kier alpha value is -4.24. The first-order valence-corrected chi connectivity index (χ1v) is 19.4. The molecule has 272 valence electrons. The van der Waals surface area contributed by atoms with Crippen molar-refractivity contribution in [1.29, 1.82) is 0 Å². The second-order valence-electron chi connectivity index (χ2n) is 12.5. The van der Waals surface area contributed by atoms with Gasteiger partial charge >= 0.3 is 0 Å². The van der Waals surface area contributed by atoms with E-state index >= 15 is 0 Å². The molecule has 0 spiro atoms. The van der Waals surface area contributed by atoms with Gasteiger partial charge in [0, 0.05) is 7.11 Å². The van der Waals surface area contributed by atoms with Crippen molar-refractivity contribution in [3.8, 4) is 0 Å². The van der Waals surface area contributed by atoms with E-state index in [2.05, 4.69) is 0 Å². The zero-order valence-corrected chi connectivity index (χ0v) is 30.4. The van der Waals surface area contributed by atoms with E-state index in [1.54, 1.807) is 38.1 Å². The summed E-state index contributed by atoms with van der Waals surface area (Å²) in [5, 5.41) is 12.0. The number of aliphatic hydroxyl groups is 1. The van der Waals surface area contributed by atoms with Crippen molar-refractivity contribution in [2.75, 3.05) is 13.7 Å². The highest BCUT2D eigenvalue weighted by molar-refractivity contribution is 7.87. The number of benzene rings is 5. The van der Waals surface area contributed by atoms with E-state index in [1.807, 2.05) is 91.0 Å². The lowest BCUT2D eigenvalue weighted by Gasteiger charge is -2.44. The third-order valence-electron chi connectivity index (χ3n) is 8.95. The van der Waals surface area contributed by atoms with Crippen molar-refractivity contribution in [3.05, 3.63) is 167 Å². The first-order chi connectivity index (χ1) is 24.9. The van der Waals surface area contributed by atoms with E-state index < -0.39 is 56.5 Å². The quantitative estimate of drug-likeness (QED) is 0.115. The third kappa shape index (κ3) is 7.89. The number of hydrogen-bond donors (Lipinski definition) is 1. The molecule has 5 aromatic carbocycles. The van der Waals surface area contributed by atoms with Crippen LogP contribution in [-0.4, -0.2) is 66.4 Å². The van der Waals surface area contributed by atoms with Gasteiger partial charge in [0.2, 0.25) is 0 Å². The van der Waals surface area contributed by atoms with Gasteiger partial charge in [-0.3, -0.25) is 8.37 Å². The predicted molar refractivity (Wildman–Crippen MR) is 193 cm³/mol. The summed E-state index contributed by atoms with van der Waals surface area (Å²) in [4.78, 5) is -0.388. The van der Waals surface area contributed by atoms with Gasteiger partial charge in [-0.2, -0.15) is 16.8 Å². The van der Waals surface area contributed by atoms with Gasteiger partial charge in [0.1, 0.15) is 23.9 Å². The van der Waals surface area contributed by atoms with Crippen LogP contribution in [0.3, 0.4) is 0 Å². The van der Waals surface area contributed by atoms with E-state index in [1.165, 1.54) is 31.4 Å². The molecule has 0 bridgehead atoms. The van der Waals surface area contributed by atoms with Crippen LogP contribution in [0.5, 0.6) is 0 Å². The van der Waals surface area contributed by atoms with Gasteiger partial charge in [0.25, 0.3) is 20.2 Å². The summed E-state index contributed by atoms with van der Waals surface area (Å²) >= 11 is 0. The molecular weight excluding hydrogens is 705 g/mol. The second kappa shape index (κ2) is 15.8. The molecule has 1 aliphatic heterocycles. The van der Waals surface area contributed by atoms with Crippen molar-refractivity contribution in [2.45, 2.75) is 59.9 Å². The maximum atomic E-state index is 13.7. The normalized spacial score (nSPS) is 21.1. The minimum atomic E-state index is -4.58. The summed E-state index contributed by atoms with van der Waals surface area (Å²) in [6, 6.07) is 40.4. The van der Waals surface area contributed by atoms with Crippen LogP contribution < -0.4 is 0 Å². The molecule has 1 aliphatic rings. The van der Waals surface area contributed by atoms with Crippen molar-refractivity contribution < 1.29 is 44.5 Å². The highest BCUT2D eigenvalue weighted by Gasteiger charge is 2.52. The lowest BCUT2D eigenvalue weighted by atomic mass is 9.80. The molecular formula is C40H40O10S2. The van der Waals surface area contributed by atoms with Crippen LogP contribution in [0.1, 0.15) is 27.8 Å². The second-order valence-corrected chi connectivity index (χ2v) is 15.7. The van der Waals surface area contributed by atoms with Crippen molar-refractivity contribution in [3.63, 3.8) is 0 Å². The molecule has 10 nitrogen and oxygen atoms in total. The molecule has 5 aromatic rings. The molecule has 0 radical (unpaired) electrons. The van der Waals surface area contributed by atoms with E-state index in [9.17, 15) is 21.9 Å². The number of aryl methyl sites for hydroxylation is 2. The van der Waals surface area contributed by atoms with Gasteiger partial charge in [-0.25, -0.2) is 0 Å². The molecule has 0 aliphatic carbocycles. The first kappa shape index (κ1) is 37.5. The molecule has 12 heteroatoms. The Morgan fingerprint density at radius 2 is 0.981 bits per heavy atom. The average Bonchev–Trinajstić information content (AvgIpc) is 3.15. The molecule has 1 fully saturated rings. The number of methoxy groups -OCH3 is 1. The zero-order valence-electron chi connectivity index (χ0n) is 28.8. The molecule has 2 unspecified atom stereocenters. The standard InChI is InChI=1S/C40H40O10S2/c1-28-19-23-33(24-20-28)51(42,43)49-37-36(41)35(48-39(46-3)38(37)50-52(44,45)34-25-21-29(2)22-26-34)27-47-40(30-13-7-4-8-14-30,31-15-9-5-10-16-31)32-17-11-6-12-18-32/h4-26,35-39,41H,27H2,1-3H3/t35?,36-,37-,38?,39+/m1/s1. The lowest BCUT2D eigenvalue weighted by molar-refractivity contribution is -0.288. The zero-order chi connectivity index (χ0) is 36.9. The fourth-order valence-electron chi connectivity index (χ4n) is 6.22. The third-order valence-corrected chi connectivity index (χ3v) is 11.6. The van der Waals surface area contributed by atoms with E-state index in [4.69, 9.17) is 22.6 Å². The van der Waals surface area contributed by atoms with E-state index in [0.717, 1.165) is 27.8 Å². The molecule has 1 heterocycles. The lowest BCUT2D eigenvalue weighted by Crippen LogP contribution is -2.62. The van der Waals surface area contributed by atoms with Gasteiger partial charge in [-0.05, 0) is 54.8 Å². The van der Waals surface area contributed by atoms with Crippen LogP contribution >= 0.6 is 0 Å². The summed E-state index contributed by atoms with van der Waals surface area (Å²) in [5.74, 6) is 0. The van der Waals surface area contributed by atoms with E-state index in [0.29, 0.717) is 0 Å². The summed E-state index contributed by atoms with van der Waals surface area (Å²) in [6.07, 6.45) is -8.18. The van der Waals surface area contributed by atoms with Crippen LogP contribution in [0.2, 0.25) is 0 Å². The number of aliphatic hydroxyl groups excluding tert-OH is 1. The molecule has 5 atom stereocenters. The Kier molecular flexibility index (Phi) is 11.4. The molecule has 6 rings (SSSR count). The van der Waals surface area contributed by atoms with Gasteiger partial charge < -0.3 is 19.3 Å².